The Balaban J connectivity index is 2.55. The summed E-state index contributed by atoms with van der Waals surface area (Å²) in [5.74, 6) is 0.700. The van der Waals surface area contributed by atoms with Crippen molar-refractivity contribution in [3.63, 3.8) is 0 Å². The second kappa shape index (κ2) is 8.43. The molecule has 0 fully saturated rings. The van der Waals surface area contributed by atoms with Gasteiger partial charge in [-0.3, -0.25) is 0 Å². The van der Waals surface area contributed by atoms with Gasteiger partial charge in [0.25, 0.3) is 0 Å². The number of anilines is 1. The minimum atomic E-state index is -0.396. The molecule has 20 heavy (non-hydrogen) atoms. The molecular formula is C15H23NO4. The van der Waals surface area contributed by atoms with E-state index in [9.17, 15) is 4.79 Å². The predicted octanol–water partition coefficient (Wildman–Crippen LogP) is 2.32. The molecule has 1 aromatic rings. The smallest absolute Gasteiger partial charge is 0.343 e. The second-order valence-corrected chi connectivity index (χ2v) is 4.84. The van der Waals surface area contributed by atoms with Crippen LogP contribution in [0.4, 0.5) is 5.69 Å². The Morgan fingerprint density at radius 2 is 1.85 bits per heavy atom. The topological polar surface area (TPSA) is 56.8 Å². The molecule has 0 bridgehead atoms. The summed E-state index contributed by atoms with van der Waals surface area (Å²) in [5.41, 5.74) is 0.992. The average Bonchev–Trinajstić information content (AvgIpc) is 2.45. The molecule has 0 saturated carbocycles. The van der Waals surface area contributed by atoms with Crippen molar-refractivity contribution in [3.8, 4) is 5.75 Å². The second-order valence-electron chi connectivity index (χ2n) is 4.84. The van der Waals surface area contributed by atoms with Gasteiger partial charge in [0.15, 0.2) is 6.61 Å². The van der Waals surface area contributed by atoms with Crippen molar-refractivity contribution in [2.24, 2.45) is 5.92 Å². The Hall–Kier alpha value is -1.75. The van der Waals surface area contributed by atoms with Crippen LogP contribution in [-0.2, 0) is 14.3 Å². The van der Waals surface area contributed by atoms with Gasteiger partial charge in [-0.2, -0.15) is 0 Å². The maximum Gasteiger partial charge on any atom is 0.343 e. The van der Waals surface area contributed by atoms with Crippen LogP contribution in [0.25, 0.3) is 0 Å². The van der Waals surface area contributed by atoms with Crippen molar-refractivity contribution in [1.29, 1.82) is 0 Å². The van der Waals surface area contributed by atoms with Crippen LogP contribution in [0.2, 0.25) is 0 Å². The summed E-state index contributed by atoms with van der Waals surface area (Å²) in [6.45, 7) is 4.86. The predicted molar refractivity (Wildman–Crippen MR) is 78.1 cm³/mol. The van der Waals surface area contributed by atoms with Crippen LogP contribution in [0.3, 0.4) is 0 Å². The minimum absolute atomic E-state index is 0.0818. The number of nitrogens with one attached hydrogen (secondary N) is 1. The van der Waals surface area contributed by atoms with E-state index in [1.165, 1.54) is 7.11 Å². The molecule has 0 aliphatic heterocycles. The zero-order chi connectivity index (χ0) is 15.0. The van der Waals surface area contributed by atoms with E-state index in [0.717, 1.165) is 5.69 Å². The molecule has 5 nitrogen and oxygen atoms in total. The van der Waals surface area contributed by atoms with Crippen molar-refractivity contribution < 1.29 is 19.0 Å². The molecule has 0 aliphatic rings. The number of carbonyl (C=O) groups excluding carboxylic acids is 1. The summed E-state index contributed by atoms with van der Waals surface area (Å²) in [6, 6.07) is 7.71. The van der Waals surface area contributed by atoms with E-state index < -0.39 is 5.97 Å². The Morgan fingerprint density at radius 1 is 1.20 bits per heavy atom. The van der Waals surface area contributed by atoms with E-state index in [2.05, 4.69) is 23.9 Å². The highest BCUT2D eigenvalue weighted by Crippen LogP contribution is 2.18. The van der Waals surface area contributed by atoms with E-state index >= 15 is 0 Å². The molecule has 0 saturated heterocycles. The standard InChI is InChI=1S/C15H23NO4/c1-11(2)14(9-18-3)16-12-5-7-13(8-6-12)20-10-15(17)19-4/h5-8,11,14,16H,9-10H2,1-4H3. The molecule has 1 rings (SSSR count). The highest BCUT2D eigenvalue weighted by Gasteiger charge is 2.12. The van der Waals surface area contributed by atoms with Gasteiger partial charge in [0.05, 0.1) is 19.8 Å². The molecule has 1 atom stereocenters. The van der Waals surface area contributed by atoms with Crippen LogP contribution in [0.15, 0.2) is 24.3 Å². The molecule has 0 heterocycles. The first-order chi connectivity index (χ1) is 9.56. The van der Waals surface area contributed by atoms with E-state index in [4.69, 9.17) is 9.47 Å². The van der Waals surface area contributed by atoms with Crippen molar-refractivity contribution in [3.05, 3.63) is 24.3 Å². The average molecular weight is 281 g/mol. The van der Waals surface area contributed by atoms with Gasteiger partial charge in [-0.05, 0) is 30.2 Å². The quantitative estimate of drug-likeness (QED) is 0.741. The maximum absolute atomic E-state index is 11.0. The fourth-order valence-electron chi connectivity index (χ4n) is 1.64. The van der Waals surface area contributed by atoms with Crippen LogP contribution in [0.5, 0.6) is 5.75 Å². The van der Waals surface area contributed by atoms with Crippen LogP contribution < -0.4 is 10.1 Å². The molecule has 0 aliphatic carbocycles. The lowest BCUT2D eigenvalue weighted by atomic mass is 10.1. The molecule has 1 unspecified atom stereocenters. The number of methoxy groups -OCH3 is 2. The first-order valence-corrected chi connectivity index (χ1v) is 6.62. The largest absolute Gasteiger partial charge is 0.482 e. The molecule has 1 N–H and O–H groups in total. The monoisotopic (exact) mass is 281 g/mol. The summed E-state index contributed by atoms with van der Waals surface area (Å²) in [5, 5.41) is 3.41. The zero-order valence-corrected chi connectivity index (χ0v) is 12.5. The number of benzene rings is 1. The molecule has 0 aromatic heterocycles. The summed E-state index contributed by atoms with van der Waals surface area (Å²) in [7, 11) is 3.03. The number of rotatable bonds is 8. The zero-order valence-electron chi connectivity index (χ0n) is 12.5. The maximum atomic E-state index is 11.0. The third kappa shape index (κ3) is 5.48. The van der Waals surface area contributed by atoms with Crippen molar-refractivity contribution in [1.82, 2.24) is 0 Å². The van der Waals surface area contributed by atoms with Gasteiger partial charge in [0, 0.05) is 12.8 Å². The fraction of sp³-hybridized carbons (Fsp3) is 0.533. The highest BCUT2D eigenvalue weighted by molar-refractivity contribution is 5.70. The Labute approximate surface area is 120 Å². The van der Waals surface area contributed by atoms with Crippen LogP contribution in [0, 0.1) is 5.92 Å². The van der Waals surface area contributed by atoms with E-state index in [1.54, 1.807) is 7.11 Å². The molecule has 0 spiro atoms. The number of hydrogen-bond donors (Lipinski definition) is 1. The number of ether oxygens (including phenoxy) is 3. The third-order valence-electron chi connectivity index (χ3n) is 2.94. The van der Waals surface area contributed by atoms with Gasteiger partial charge in [0.2, 0.25) is 0 Å². The van der Waals surface area contributed by atoms with E-state index in [0.29, 0.717) is 18.3 Å². The summed E-state index contributed by atoms with van der Waals surface area (Å²) in [6.07, 6.45) is 0. The first-order valence-electron chi connectivity index (χ1n) is 6.62. The number of hydrogen-bond acceptors (Lipinski definition) is 5. The van der Waals surface area contributed by atoms with Crippen LogP contribution in [-0.4, -0.2) is 39.4 Å². The summed E-state index contributed by atoms with van der Waals surface area (Å²) < 4.78 is 15.0. The van der Waals surface area contributed by atoms with Crippen LogP contribution >= 0.6 is 0 Å². The summed E-state index contributed by atoms with van der Waals surface area (Å²) in [4.78, 5) is 11.0. The van der Waals surface area contributed by atoms with Gasteiger partial charge in [-0.15, -0.1) is 0 Å². The third-order valence-corrected chi connectivity index (χ3v) is 2.94. The Morgan fingerprint density at radius 3 is 2.35 bits per heavy atom. The van der Waals surface area contributed by atoms with Crippen molar-refractivity contribution >= 4 is 11.7 Å². The molecule has 1 aromatic carbocycles. The minimum Gasteiger partial charge on any atom is -0.482 e. The molecule has 5 heteroatoms. The Bertz CT molecular complexity index is 403. The van der Waals surface area contributed by atoms with E-state index in [-0.39, 0.29) is 12.6 Å². The van der Waals surface area contributed by atoms with Crippen molar-refractivity contribution in [2.45, 2.75) is 19.9 Å². The van der Waals surface area contributed by atoms with Gasteiger partial charge < -0.3 is 19.5 Å². The molecule has 0 amide bonds. The number of carbonyl (C=O) groups is 1. The van der Waals surface area contributed by atoms with Gasteiger partial charge in [-0.1, -0.05) is 13.8 Å². The lowest BCUT2D eigenvalue weighted by molar-refractivity contribution is -0.142. The Kier molecular flexibility index (Phi) is 6.87. The molecular weight excluding hydrogens is 258 g/mol. The SMILES string of the molecule is COCC(Nc1ccc(OCC(=O)OC)cc1)C(C)C. The van der Waals surface area contributed by atoms with Crippen LogP contribution in [0.1, 0.15) is 13.8 Å². The van der Waals surface area contributed by atoms with Gasteiger partial charge >= 0.3 is 5.97 Å². The van der Waals surface area contributed by atoms with Crippen molar-refractivity contribution in [2.75, 3.05) is 32.8 Å². The van der Waals surface area contributed by atoms with Gasteiger partial charge in [-0.25, -0.2) is 4.79 Å². The normalized spacial score (nSPS) is 12.1. The first kappa shape index (κ1) is 16.3. The molecule has 0 radical (unpaired) electrons. The summed E-state index contributed by atoms with van der Waals surface area (Å²) >= 11 is 0. The lowest BCUT2D eigenvalue weighted by Gasteiger charge is -2.22. The van der Waals surface area contributed by atoms with Gasteiger partial charge in [0.1, 0.15) is 5.75 Å². The lowest BCUT2D eigenvalue weighted by Crippen LogP contribution is -2.30. The fourth-order valence-corrected chi connectivity index (χ4v) is 1.64. The highest BCUT2D eigenvalue weighted by atomic mass is 16.6. The molecule has 112 valence electrons. The number of esters is 1. The van der Waals surface area contributed by atoms with E-state index in [1.807, 2.05) is 24.3 Å².